The molecule has 1 atom stereocenters. The van der Waals surface area contributed by atoms with Crippen molar-refractivity contribution in [3.63, 3.8) is 0 Å². The van der Waals surface area contributed by atoms with Crippen molar-refractivity contribution in [2.75, 3.05) is 4.72 Å². The van der Waals surface area contributed by atoms with Gasteiger partial charge < -0.3 is 0 Å². The lowest BCUT2D eigenvalue weighted by Gasteiger charge is -2.08. The van der Waals surface area contributed by atoms with Crippen LogP contribution in [0.5, 0.6) is 0 Å². The van der Waals surface area contributed by atoms with E-state index in [9.17, 15) is 4.21 Å². The molecule has 3 nitrogen and oxygen atoms in total. The average Bonchev–Trinajstić information content (AvgIpc) is 2.08. The molecule has 0 amide bonds. The zero-order valence-corrected chi connectivity index (χ0v) is 9.02. The van der Waals surface area contributed by atoms with Crippen molar-refractivity contribution in [1.29, 1.82) is 0 Å². The van der Waals surface area contributed by atoms with Gasteiger partial charge in [-0.2, -0.15) is 0 Å². The topological polar surface area (TPSA) is 42.0 Å². The Labute approximate surface area is 85.1 Å². The van der Waals surface area contributed by atoms with E-state index < -0.39 is 11.0 Å². The minimum Gasteiger partial charge on any atom is -0.288 e. The number of anilines is 1. The maximum absolute atomic E-state index is 11.4. The highest BCUT2D eigenvalue weighted by Crippen LogP contribution is 2.18. The van der Waals surface area contributed by atoms with Crippen molar-refractivity contribution in [2.45, 2.75) is 19.1 Å². The van der Waals surface area contributed by atoms with Crippen LogP contribution in [0, 0.1) is 0 Å². The van der Waals surface area contributed by atoms with Gasteiger partial charge in [0.2, 0.25) is 0 Å². The average molecular weight is 219 g/mol. The van der Waals surface area contributed by atoms with Gasteiger partial charge >= 0.3 is 0 Å². The third-order valence-corrected chi connectivity index (χ3v) is 2.94. The standard InChI is InChI=1S/C8H11ClN2OS/c1-6(2)13(12)11-8-7(9)4-3-5-10-8/h3-6H,1-2H3,(H,10,11). The molecule has 0 saturated carbocycles. The van der Waals surface area contributed by atoms with Crippen LogP contribution < -0.4 is 4.72 Å². The molecule has 1 aromatic heterocycles. The zero-order valence-electron chi connectivity index (χ0n) is 7.45. The molecule has 0 aliphatic heterocycles. The Morgan fingerprint density at radius 3 is 2.85 bits per heavy atom. The molecule has 0 aromatic carbocycles. The molecule has 0 bridgehead atoms. The third kappa shape index (κ3) is 2.97. The van der Waals surface area contributed by atoms with Gasteiger partial charge in [-0.1, -0.05) is 11.6 Å². The summed E-state index contributed by atoms with van der Waals surface area (Å²) in [4.78, 5) is 3.96. The summed E-state index contributed by atoms with van der Waals surface area (Å²) >= 11 is 5.81. The quantitative estimate of drug-likeness (QED) is 0.846. The first-order valence-electron chi connectivity index (χ1n) is 3.89. The maximum Gasteiger partial charge on any atom is 0.156 e. The lowest BCUT2D eigenvalue weighted by molar-refractivity contribution is 0.680. The summed E-state index contributed by atoms with van der Waals surface area (Å²) in [6.45, 7) is 3.72. The minimum atomic E-state index is -1.13. The molecular formula is C8H11ClN2OS. The summed E-state index contributed by atoms with van der Waals surface area (Å²) in [6, 6.07) is 3.43. The Bertz CT molecular complexity index is 317. The van der Waals surface area contributed by atoms with Crippen LogP contribution in [0.2, 0.25) is 5.02 Å². The summed E-state index contributed by atoms with van der Waals surface area (Å²) in [7, 11) is -1.13. The van der Waals surface area contributed by atoms with E-state index in [0.717, 1.165) is 0 Å². The largest absolute Gasteiger partial charge is 0.288 e. The second kappa shape index (κ2) is 4.58. The maximum atomic E-state index is 11.4. The minimum absolute atomic E-state index is 0.0399. The van der Waals surface area contributed by atoms with Crippen molar-refractivity contribution in [2.24, 2.45) is 0 Å². The molecule has 0 radical (unpaired) electrons. The SMILES string of the molecule is CC(C)S(=O)Nc1ncccc1Cl. The van der Waals surface area contributed by atoms with E-state index in [1.807, 2.05) is 13.8 Å². The van der Waals surface area contributed by atoms with E-state index in [-0.39, 0.29) is 5.25 Å². The van der Waals surface area contributed by atoms with Gasteiger partial charge in [0.05, 0.1) is 5.02 Å². The molecule has 0 spiro atoms. The third-order valence-electron chi connectivity index (χ3n) is 1.38. The monoisotopic (exact) mass is 218 g/mol. The first kappa shape index (κ1) is 10.5. The van der Waals surface area contributed by atoms with Crippen molar-refractivity contribution in [3.8, 4) is 0 Å². The molecule has 1 aromatic rings. The molecule has 0 fully saturated rings. The molecular weight excluding hydrogens is 208 g/mol. The molecule has 1 heterocycles. The number of rotatable bonds is 3. The number of hydrogen-bond acceptors (Lipinski definition) is 2. The van der Waals surface area contributed by atoms with E-state index in [1.165, 1.54) is 0 Å². The van der Waals surface area contributed by atoms with Gasteiger partial charge in [-0.05, 0) is 26.0 Å². The van der Waals surface area contributed by atoms with Gasteiger partial charge in [0.15, 0.2) is 5.82 Å². The summed E-state index contributed by atoms with van der Waals surface area (Å²) in [6.07, 6.45) is 1.60. The highest BCUT2D eigenvalue weighted by atomic mass is 35.5. The van der Waals surface area contributed by atoms with E-state index in [1.54, 1.807) is 18.3 Å². The summed E-state index contributed by atoms with van der Waals surface area (Å²) < 4.78 is 14.1. The number of nitrogens with one attached hydrogen (secondary N) is 1. The van der Waals surface area contributed by atoms with Crippen LogP contribution in [0.15, 0.2) is 18.3 Å². The first-order chi connectivity index (χ1) is 6.11. The smallest absolute Gasteiger partial charge is 0.156 e. The predicted molar refractivity (Wildman–Crippen MR) is 56.1 cm³/mol. The summed E-state index contributed by atoms with van der Waals surface area (Å²) in [5.74, 6) is 0.469. The van der Waals surface area contributed by atoms with Crippen LogP contribution in [0.4, 0.5) is 5.82 Å². The Morgan fingerprint density at radius 2 is 2.31 bits per heavy atom. The summed E-state index contributed by atoms with van der Waals surface area (Å²) in [5.41, 5.74) is 0. The van der Waals surface area contributed by atoms with Crippen molar-refractivity contribution < 1.29 is 4.21 Å². The van der Waals surface area contributed by atoms with Crippen LogP contribution in [-0.4, -0.2) is 14.4 Å². The first-order valence-corrected chi connectivity index (χ1v) is 5.48. The normalized spacial score (nSPS) is 12.9. The van der Waals surface area contributed by atoms with Crippen molar-refractivity contribution in [1.82, 2.24) is 4.98 Å². The van der Waals surface area contributed by atoms with Crippen LogP contribution in [0.1, 0.15) is 13.8 Å². The number of pyridine rings is 1. The molecule has 0 aliphatic carbocycles. The fourth-order valence-corrected chi connectivity index (χ4v) is 1.49. The molecule has 72 valence electrons. The molecule has 13 heavy (non-hydrogen) atoms. The Hall–Kier alpha value is -0.610. The molecule has 1 rings (SSSR count). The second-order valence-electron chi connectivity index (χ2n) is 2.78. The molecule has 1 unspecified atom stereocenters. The highest BCUT2D eigenvalue weighted by molar-refractivity contribution is 7.86. The fourth-order valence-electron chi connectivity index (χ4n) is 0.674. The number of halogens is 1. The van der Waals surface area contributed by atoms with Crippen LogP contribution in [0.25, 0.3) is 0 Å². The number of hydrogen-bond donors (Lipinski definition) is 1. The molecule has 1 N–H and O–H groups in total. The summed E-state index contributed by atoms with van der Waals surface area (Å²) in [5, 5.41) is 0.523. The predicted octanol–water partition coefficient (Wildman–Crippen LogP) is 2.22. The van der Waals surface area contributed by atoms with Gasteiger partial charge in [0, 0.05) is 11.4 Å². The lowest BCUT2D eigenvalue weighted by atomic mass is 10.5. The van der Waals surface area contributed by atoms with Crippen molar-refractivity contribution in [3.05, 3.63) is 23.4 Å². The lowest BCUT2D eigenvalue weighted by Crippen LogP contribution is -2.15. The van der Waals surface area contributed by atoms with E-state index in [4.69, 9.17) is 11.6 Å². The Balaban J connectivity index is 2.75. The van der Waals surface area contributed by atoms with Crippen LogP contribution in [-0.2, 0) is 11.0 Å². The Morgan fingerprint density at radius 1 is 1.62 bits per heavy atom. The van der Waals surface area contributed by atoms with Gasteiger partial charge in [-0.25, -0.2) is 9.19 Å². The second-order valence-corrected chi connectivity index (χ2v) is 4.93. The van der Waals surface area contributed by atoms with Crippen LogP contribution >= 0.6 is 11.6 Å². The molecule has 0 aliphatic rings. The fraction of sp³-hybridized carbons (Fsp3) is 0.375. The molecule has 5 heteroatoms. The van der Waals surface area contributed by atoms with Gasteiger partial charge in [0.25, 0.3) is 0 Å². The van der Waals surface area contributed by atoms with Gasteiger partial charge in [0.1, 0.15) is 11.0 Å². The van der Waals surface area contributed by atoms with E-state index in [0.29, 0.717) is 10.8 Å². The Kier molecular flexibility index (Phi) is 3.69. The molecule has 0 saturated heterocycles. The van der Waals surface area contributed by atoms with Gasteiger partial charge in [-0.15, -0.1) is 0 Å². The van der Waals surface area contributed by atoms with E-state index >= 15 is 0 Å². The van der Waals surface area contributed by atoms with Crippen molar-refractivity contribution >= 4 is 28.4 Å². The van der Waals surface area contributed by atoms with Gasteiger partial charge in [-0.3, -0.25) is 4.72 Å². The van der Waals surface area contributed by atoms with Crippen LogP contribution in [0.3, 0.4) is 0 Å². The number of nitrogens with zero attached hydrogens (tertiary/aromatic N) is 1. The highest BCUT2D eigenvalue weighted by Gasteiger charge is 2.07. The zero-order chi connectivity index (χ0) is 9.84. The number of aromatic nitrogens is 1. The van der Waals surface area contributed by atoms with E-state index in [2.05, 4.69) is 9.71 Å².